The van der Waals surface area contributed by atoms with Crippen molar-refractivity contribution in [2.75, 3.05) is 23.0 Å². The van der Waals surface area contributed by atoms with Crippen LogP contribution in [0.5, 0.6) is 0 Å². The molecule has 3 heterocycles. The highest BCUT2D eigenvalue weighted by atomic mass is 16.5. The predicted molar refractivity (Wildman–Crippen MR) is 519 cm³/mol. The van der Waals surface area contributed by atoms with Crippen LogP contribution in [0, 0.1) is 0 Å². The minimum Gasteiger partial charge on any atom is -0.392 e. The molecule has 124 heavy (non-hydrogen) atoms. The number of para-hydroxylation sites is 2. The molecule has 1 N–H and O–H groups in total. The average molecular weight is 1610 g/mol. The SMILES string of the molecule is C1CCOC1.C=Cc1ccc(COCc2ccc(-n3c4ccccc4c4cc(-c5ccc(N(c6ccc(-c7ccccc7)cc6)c6ccc7c(c6)C(C)(C)c6ccccc6-7)cc5)ccc43)cc2)cc1.CC1(C)c2ccccc2-c2ccc(N(c3ccc(-c4ccccc4)cc3)c3ccc(-c4ccc5c(c4)c4ccccc4n5-c4ccc(CO)cc4)cc3)cc21. The number of aliphatic hydroxyl groups excluding tert-OH is 1. The van der Waals surface area contributed by atoms with Crippen LogP contribution in [-0.2, 0) is 40.1 Å². The van der Waals surface area contributed by atoms with Gasteiger partial charge in [0.15, 0.2) is 0 Å². The van der Waals surface area contributed by atoms with E-state index >= 15 is 0 Å². The Morgan fingerprint density at radius 2 is 0.629 bits per heavy atom. The van der Waals surface area contributed by atoms with Gasteiger partial charge in [0.05, 0.1) is 41.9 Å². The molecule has 3 aliphatic rings. The summed E-state index contributed by atoms with van der Waals surface area (Å²) in [6.45, 7) is 16.4. The van der Waals surface area contributed by atoms with Crippen molar-refractivity contribution >= 4 is 83.8 Å². The number of hydrogen-bond acceptors (Lipinski definition) is 5. The molecule has 0 atom stereocenters. The van der Waals surface area contributed by atoms with Crippen LogP contribution in [-0.4, -0.2) is 27.5 Å². The zero-order valence-corrected chi connectivity index (χ0v) is 70.4. The second-order valence-corrected chi connectivity index (χ2v) is 33.8. The van der Waals surface area contributed by atoms with Gasteiger partial charge in [-0.25, -0.2) is 0 Å². The summed E-state index contributed by atoms with van der Waals surface area (Å²) >= 11 is 0. The third-order valence-corrected chi connectivity index (χ3v) is 25.5. The number of hydrogen-bond donors (Lipinski definition) is 1. The lowest BCUT2D eigenvalue weighted by Gasteiger charge is -2.28. The fraction of sp³-hybridized carbons (Fsp3) is 0.111. The zero-order valence-electron chi connectivity index (χ0n) is 70.4. The Hall–Kier alpha value is -14.4. The third-order valence-electron chi connectivity index (χ3n) is 25.5. The quantitative estimate of drug-likeness (QED) is 0.0928. The highest BCUT2D eigenvalue weighted by Crippen LogP contribution is 2.53. The van der Waals surface area contributed by atoms with E-state index in [1.807, 2.05) is 18.2 Å². The van der Waals surface area contributed by atoms with Crippen LogP contribution >= 0.6 is 0 Å². The fourth-order valence-corrected chi connectivity index (χ4v) is 18.9. The molecular formula is C117H96N4O3. The largest absolute Gasteiger partial charge is 0.392 e. The molecule has 22 rings (SSSR count). The number of ether oxygens (including phenoxy) is 2. The van der Waals surface area contributed by atoms with E-state index < -0.39 is 0 Å². The van der Waals surface area contributed by atoms with Crippen molar-refractivity contribution in [3.63, 3.8) is 0 Å². The molecule has 7 heteroatoms. The molecule has 0 unspecified atom stereocenters. The normalized spacial score (nSPS) is 13.2. The number of nitrogens with zero attached hydrogens (tertiary/aromatic N) is 4. The molecule has 17 aromatic carbocycles. The van der Waals surface area contributed by atoms with Gasteiger partial charge >= 0.3 is 0 Å². The maximum Gasteiger partial charge on any atom is 0.0721 e. The molecule has 1 saturated heterocycles. The zero-order chi connectivity index (χ0) is 83.8. The van der Waals surface area contributed by atoms with Crippen molar-refractivity contribution in [3.8, 4) is 78.1 Å². The monoisotopic (exact) mass is 1600 g/mol. The summed E-state index contributed by atoms with van der Waals surface area (Å²) in [5.41, 5.74) is 38.0. The lowest BCUT2D eigenvalue weighted by Crippen LogP contribution is -2.16. The van der Waals surface area contributed by atoms with E-state index in [0.717, 1.165) is 92.0 Å². The first-order valence-corrected chi connectivity index (χ1v) is 43.2. The maximum absolute atomic E-state index is 9.63. The Labute approximate surface area is 726 Å². The van der Waals surface area contributed by atoms with E-state index in [2.05, 4.69) is 441 Å². The predicted octanol–water partition coefficient (Wildman–Crippen LogP) is 30.4. The summed E-state index contributed by atoms with van der Waals surface area (Å²) in [7, 11) is 0. The van der Waals surface area contributed by atoms with Gasteiger partial charge in [-0.2, -0.15) is 0 Å². The molecule has 0 bridgehead atoms. The molecular weight excluding hydrogens is 1510 g/mol. The second-order valence-electron chi connectivity index (χ2n) is 33.8. The lowest BCUT2D eigenvalue weighted by atomic mass is 9.82. The fourth-order valence-electron chi connectivity index (χ4n) is 18.9. The Bertz CT molecular complexity index is 7100. The number of aromatic nitrogens is 2. The van der Waals surface area contributed by atoms with Gasteiger partial charge in [0.2, 0.25) is 0 Å². The summed E-state index contributed by atoms with van der Waals surface area (Å²) < 4.78 is 15.7. The van der Waals surface area contributed by atoms with Crippen LogP contribution in [0.4, 0.5) is 34.1 Å². The molecule has 2 aliphatic carbocycles. The standard InChI is InChI=1S/C61H48N2O.C52H40N2O.C4H8O/c1-4-42-18-20-43(21-19-42)40-64-41-44-22-29-51(30-23-44)63-59-17-11-9-15-55(59)56-38-48(28-37-60(56)63)47-26-33-50(34-27-47)62(49-31-24-46(25-32-49)45-12-6-5-7-13-45)52-35-36-54-53-14-8-10-16-57(53)61(2,3)58(54)39-52;1-52(2)48-14-8-6-12-44(48)45-30-29-43(33-49(45)52)53(40-25-18-37(19-26-40)36-10-4-3-5-11-36)41-27-20-38(21-28-41)39-22-31-51-47(32-39)46-13-7-9-15-50(46)54(51)42-23-16-35(34-55)17-24-42;1-2-4-5-3-1/h4-39H,1,40-41H2,2-3H3;3-33,55H,34H2,1-2H3;1-4H2. The number of aliphatic hydroxyl groups is 1. The first kappa shape index (κ1) is 78.1. The van der Waals surface area contributed by atoms with E-state index in [9.17, 15) is 5.11 Å². The van der Waals surface area contributed by atoms with Gasteiger partial charge in [-0.1, -0.05) is 307 Å². The molecule has 0 saturated carbocycles. The minimum atomic E-state index is -0.103. The van der Waals surface area contributed by atoms with Gasteiger partial charge < -0.3 is 33.5 Å². The average Bonchev–Trinajstić information content (AvgIpc) is 1.59. The highest BCUT2D eigenvalue weighted by molar-refractivity contribution is 6.12. The van der Waals surface area contributed by atoms with E-state index in [4.69, 9.17) is 9.47 Å². The molecule has 19 aromatic rings. The van der Waals surface area contributed by atoms with E-state index in [-0.39, 0.29) is 17.4 Å². The van der Waals surface area contributed by atoms with Crippen molar-refractivity contribution in [3.05, 3.63) is 451 Å². The number of benzene rings is 17. The van der Waals surface area contributed by atoms with Crippen LogP contribution in [0.3, 0.4) is 0 Å². The van der Waals surface area contributed by atoms with Crippen molar-refractivity contribution in [1.82, 2.24) is 9.13 Å². The highest BCUT2D eigenvalue weighted by Gasteiger charge is 2.38. The van der Waals surface area contributed by atoms with Crippen molar-refractivity contribution in [2.45, 2.75) is 71.2 Å². The summed E-state index contributed by atoms with van der Waals surface area (Å²) in [5.74, 6) is 0. The molecule has 0 radical (unpaired) electrons. The summed E-state index contributed by atoms with van der Waals surface area (Å²) in [4.78, 5) is 4.78. The molecule has 1 fully saturated rings. The Kier molecular flexibility index (Phi) is 21.1. The molecule has 7 nitrogen and oxygen atoms in total. The topological polar surface area (TPSA) is 55.0 Å². The lowest BCUT2D eigenvalue weighted by molar-refractivity contribution is 0.107. The third kappa shape index (κ3) is 14.9. The smallest absolute Gasteiger partial charge is 0.0721 e. The van der Waals surface area contributed by atoms with Gasteiger partial charge in [-0.05, 0) is 258 Å². The minimum absolute atomic E-state index is 0.0359. The summed E-state index contributed by atoms with van der Waals surface area (Å²) in [5, 5.41) is 14.5. The Balaban J connectivity index is 0.000000150. The van der Waals surface area contributed by atoms with Crippen LogP contribution in [0.1, 0.15) is 85.0 Å². The molecule has 0 amide bonds. The van der Waals surface area contributed by atoms with Crippen molar-refractivity contribution in [1.29, 1.82) is 0 Å². The number of anilines is 6. The van der Waals surface area contributed by atoms with Crippen molar-refractivity contribution in [2.24, 2.45) is 0 Å². The number of rotatable bonds is 18. The molecule has 602 valence electrons. The van der Waals surface area contributed by atoms with Gasteiger partial charge in [0.25, 0.3) is 0 Å². The first-order valence-electron chi connectivity index (χ1n) is 43.2. The number of fused-ring (bicyclic) bond motifs is 12. The van der Waals surface area contributed by atoms with E-state index in [0.29, 0.717) is 13.2 Å². The van der Waals surface area contributed by atoms with Gasteiger partial charge in [0, 0.05) is 91.1 Å². The van der Waals surface area contributed by atoms with Crippen LogP contribution in [0.2, 0.25) is 0 Å². The van der Waals surface area contributed by atoms with Gasteiger partial charge in [-0.15, -0.1) is 0 Å². The van der Waals surface area contributed by atoms with Gasteiger partial charge in [-0.3, -0.25) is 0 Å². The molecule has 1 aliphatic heterocycles. The van der Waals surface area contributed by atoms with Crippen LogP contribution in [0.15, 0.2) is 407 Å². The Morgan fingerprint density at radius 1 is 0.306 bits per heavy atom. The molecule has 0 spiro atoms. The first-order chi connectivity index (χ1) is 60.9. The van der Waals surface area contributed by atoms with E-state index in [1.54, 1.807) is 0 Å². The second kappa shape index (κ2) is 33.5. The maximum atomic E-state index is 9.63. The summed E-state index contributed by atoms with van der Waals surface area (Å²) in [6, 6.07) is 145. The Morgan fingerprint density at radius 3 is 1.02 bits per heavy atom. The van der Waals surface area contributed by atoms with E-state index in [1.165, 1.54) is 134 Å². The van der Waals surface area contributed by atoms with Crippen LogP contribution < -0.4 is 9.80 Å². The van der Waals surface area contributed by atoms with Gasteiger partial charge in [0.1, 0.15) is 0 Å². The van der Waals surface area contributed by atoms with Crippen LogP contribution in [0.25, 0.3) is 128 Å². The summed E-state index contributed by atoms with van der Waals surface area (Å²) in [6.07, 6.45) is 4.41. The van der Waals surface area contributed by atoms with Crippen molar-refractivity contribution < 1.29 is 14.6 Å². The molecule has 2 aromatic heterocycles.